The largest absolute Gasteiger partial charge is 0.469 e. The van der Waals surface area contributed by atoms with Crippen molar-refractivity contribution in [2.75, 3.05) is 38.2 Å². The number of methoxy groups -OCH3 is 1. The van der Waals surface area contributed by atoms with E-state index < -0.39 is 0 Å². The van der Waals surface area contributed by atoms with Gasteiger partial charge in [0.15, 0.2) is 0 Å². The normalized spacial score (nSPS) is 28.3. The van der Waals surface area contributed by atoms with E-state index in [0.717, 1.165) is 6.54 Å². The summed E-state index contributed by atoms with van der Waals surface area (Å²) in [6, 6.07) is 0.593. The van der Waals surface area contributed by atoms with Gasteiger partial charge in [-0.05, 0) is 69.0 Å². The Morgan fingerprint density at radius 2 is 1.92 bits per heavy atom. The Kier molecular flexibility index (Phi) is 7.58. The molecule has 5 nitrogen and oxygen atoms in total. The first-order valence-electron chi connectivity index (χ1n) is 10.00. The highest BCUT2D eigenvalue weighted by molar-refractivity contribution is 8.18. The van der Waals surface area contributed by atoms with Crippen LogP contribution in [0.1, 0.15) is 51.4 Å². The minimum Gasteiger partial charge on any atom is -0.469 e. The van der Waals surface area contributed by atoms with Crippen molar-refractivity contribution in [2.24, 2.45) is 5.92 Å². The minimum atomic E-state index is -0.240. The molecule has 1 spiro atoms. The zero-order chi connectivity index (χ0) is 18.4. The zero-order valence-corrected chi connectivity index (χ0v) is 17.5. The summed E-state index contributed by atoms with van der Waals surface area (Å²) in [5.41, 5.74) is 0. The molecule has 3 heterocycles. The van der Waals surface area contributed by atoms with Crippen molar-refractivity contribution in [3.8, 4) is 0 Å². The molecule has 1 amide bonds. The Hall–Kier alpha value is -0.400. The number of amides is 1. The second-order valence-electron chi connectivity index (χ2n) is 7.58. The van der Waals surface area contributed by atoms with E-state index in [1.807, 2.05) is 0 Å². The summed E-state index contributed by atoms with van der Waals surface area (Å²) in [4.78, 5) is 26.1. The zero-order valence-electron chi connectivity index (χ0n) is 15.8. The molecule has 7 heteroatoms. The molecule has 3 aliphatic heterocycles. The fourth-order valence-corrected chi connectivity index (χ4v) is 8.55. The molecule has 3 fully saturated rings. The quantitative estimate of drug-likeness (QED) is 0.692. The molecular weight excluding hydrogens is 368 g/mol. The van der Waals surface area contributed by atoms with E-state index in [1.54, 1.807) is 0 Å². The highest BCUT2D eigenvalue weighted by Gasteiger charge is 2.50. The lowest BCUT2D eigenvalue weighted by molar-refractivity contribution is -0.140. The maximum Gasteiger partial charge on any atom is 0.305 e. The molecule has 148 valence electrons. The number of thioether (sulfide) groups is 2. The van der Waals surface area contributed by atoms with Gasteiger partial charge in [0.1, 0.15) is 0 Å². The van der Waals surface area contributed by atoms with Crippen LogP contribution in [0.25, 0.3) is 0 Å². The summed E-state index contributed by atoms with van der Waals surface area (Å²) in [5, 5.41) is 3.16. The third kappa shape index (κ3) is 4.90. The summed E-state index contributed by atoms with van der Waals surface area (Å²) in [7, 11) is 1.39. The number of carbonyl (C=O) groups excluding carboxylic acids is 2. The van der Waals surface area contributed by atoms with Crippen molar-refractivity contribution in [2.45, 2.75) is 61.5 Å². The van der Waals surface area contributed by atoms with Crippen molar-refractivity contribution >= 4 is 35.4 Å². The Bertz CT molecular complexity index is 490. The van der Waals surface area contributed by atoms with Crippen LogP contribution in [0, 0.1) is 5.92 Å². The van der Waals surface area contributed by atoms with Crippen molar-refractivity contribution in [3.63, 3.8) is 0 Å². The van der Waals surface area contributed by atoms with Gasteiger partial charge in [-0.15, -0.1) is 23.5 Å². The number of hydrogen-bond acceptors (Lipinski definition) is 6. The van der Waals surface area contributed by atoms with E-state index in [1.165, 1.54) is 63.8 Å². The van der Waals surface area contributed by atoms with Gasteiger partial charge in [0.05, 0.1) is 11.2 Å². The van der Waals surface area contributed by atoms with E-state index in [-0.39, 0.29) is 11.9 Å². The molecule has 0 aromatic heterocycles. The second-order valence-corrected chi connectivity index (χ2v) is 10.7. The van der Waals surface area contributed by atoms with Gasteiger partial charge in [0.25, 0.3) is 0 Å². The Labute approximate surface area is 165 Å². The van der Waals surface area contributed by atoms with Crippen LogP contribution in [0.4, 0.5) is 0 Å². The van der Waals surface area contributed by atoms with Crippen molar-refractivity contribution < 1.29 is 14.3 Å². The summed E-state index contributed by atoms with van der Waals surface area (Å²) in [6.07, 6.45) is 7.69. The number of esters is 1. The first-order valence-corrected chi connectivity index (χ1v) is 12.0. The first-order chi connectivity index (χ1) is 12.6. The number of piperidine rings is 2. The summed E-state index contributed by atoms with van der Waals surface area (Å²) < 4.78 is 4.97. The average Bonchev–Trinajstić information content (AvgIpc) is 2.67. The lowest BCUT2D eigenvalue weighted by atomic mass is 9.82. The third-order valence-electron chi connectivity index (χ3n) is 5.84. The summed E-state index contributed by atoms with van der Waals surface area (Å²) in [5.74, 6) is 2.94. The highest BCUT2D eigenvalue weighted by Crippen LogP contribution is 2.54. The Balaban J connectivity index is 1.54. The molecule has 26 heavy (non-hydrogen) atoms. The van der Waals surface area contributed by atoms with Crippen LogP contribution in [0.5, 0.6) is 0 Å². The fourth-order valence-electron chi connectivity index (χ4n) is 4.66. The molecule has 0 aliphatic carbocycles. The number of rotatable bonds is 6. The van der Waals surface area contributed by atoms with Crippen molar-refractivity contribution in [1.29, 1.82) is 0 Å². The number of hydrogen-bond donors (Lipinski definition) is 1. The fraction of sp³-hybridized carbons (Fsp3) is 0.895. The number of nitrogens with zero attached hydrogens (tertiary/aromatic N) is 1. The summed E-state index contributed by atoms with van der Waals surface area (Å²) in [6.45, 7) is 3.22. The van der Waals surface area contributed by atoms with Gasteiger partial charge in [-0.25, -0.2) is 0 Å². The SMILES string of the molecule is COC(=O)CCCC(=O)NC[C@H]1CCCN2CCCC3(SCCCS3)[C@H]12. The van der Waals surface area contributed by atoms with Gasteiger partial charge >= 0.3 is 5.97 Å². The lowest BCUT2D eigenvalue weighted by Crippen LogP contribution is -2.61. The van der Waals surface area contributed by atoms with Gasteiger partial charge in [0, 0.05) is 25.4 Å². The van der Waals surface area contributed by atoms with E-state index >= 15 is 0 Å². The van der Waals surface area contributed by atoms with Crippen molar-refractivity contribution in [3.05, 3.63) is 0 Å². The minimum absolute atomic E-state index is 0.0693. The molecule has 0 bridgehead atoms. The summed E-state index contributed by atoms with van der Waals surface area (Å²) >= 11 is 4.37. The highest BCUT2D eigenvalue weighted by atomic mass is 32.2. The van der Waals surface area contributed by atoms with Gasteiger partial charge in [0.2, 0.25) is 5.91 Å². The van der Waals surface area contributed by atoms with Crippen LogP contribution in [0.2, 0.25) is 0 Å². The molecule has 0 aromatic rings. The standard InChI is InChI=1S/C19H32N2O3S2/c1-24-17(23)8-2-7-16(22)20-14-15-6-3-10-21-11-4-9-19(18(15)21)25-12-5-13-26-19/h15,18H,2-14H2,1H3,(H,20,22)/t15-,18+/m1/s1. The van der Waals surface area contributed by atoms with Crippen LogP contribution in [-0.4, -0.2) is 65.1 Å². The molecular formula is C19H32N2O3S2. The predicted molar refractivity (Wildman–Crippen MR) is 108 cm³/mol. The molecule has 0 aromatic carbocycles. The molecule has 2 atom stereocenters. The van der Waals surface area contributed by atoms with Crippen molar-refractivity contribution in [1.82, 2.24) is 10.2 Å². The molecule has 3 saturated heterocycles. The monoisotopic (exact) mass is 400 g/mol. The van der Waals surface area contributed by atoms with E-state index in [9.17, 15) is 9.59 Å². The molecule has 3 rings (SSSR count). The lowest BCUT2D eigenvalue weighted by Gasteiger charge is -2.55. The topological polar surface area (TPSA) is 58.6 Å². The van der Waals surface area contributed by atoms with Gasteiger partial charge < -0.3 is 10.1 Å². The van der Waals surface area contributed by atoms with Crippen LogP contribution in [0.3, 0.4) is 0 Å². The number of fused-ring (bicyclic) bond motifs is 2. The van der Waals surface area contributed by atoms with Gasteiger partial charge in [-0.2, -0.15) is 0 Å². The predicted octanol–water partition coefficient (Wildman–Crippen LogP) is 2.89. The van der Waals surface area contributed by atoms with E-state index in [4.69, 9.17) is 0 Å². The maximum absolute atomic E-state index is 12.2. The maximum atomic E-state index is 12.2. The second kappa shape index (κ2) is 9.69. The molecule has 1 N–H and O–H groups in total. The third-order valence-corrected chi connectivity index (χ3v) is 9.40. The molecule has 0 saturated carbocycles. The Morgan fingerprint density at radius 1 is 1.15 bits per heavy atom. The number of nitrogens with one attached hydrogen (secondary N) is 1. The van der Waals surface area contributed by atoms with E-state index in [2.05, 4.69) is 38.5 Å². The van der Waals surface area contributed by atoms with Gasteiger partial charge in [-0.3, -0.25) is 14.5 Å². The Morgan fingerprint density at radius 3 is 2.69 bits per heavy atom. The van der Waals surface area contributed by atoms with Crippen LogP contribution in [0.15, 0.2) is 0 Å². The first kappa shape index (κ1) is 20.3. The van der Waals surface area contributed by atoms with Crippen LogP contribution >= 0.6 is 23.5 Å². The molecule has 0 unspecified atom stereocenters. The molecule has 0 radical (unpaired) electrons. The number of carbonyl (C=O) groups is 2. The van der Waals surface area contributed by atoms with Crippen LogP contribution in [-0.2, 0) is 14.3 Å². The smallest absolute Gasteiger partial charge is 0.305 e. The average molecular weight is 401 g/mol. The number of ether oxygens (including phenoxy) is 1. The van der Waals surface area contributed by atoms with Gasteiger partial charge in [-0.1, -0.05) is 0 Å². The van der Waals surface area contributed by atoms with E-state index in [0.29, 0.717) is 35.3 Å². The molecule has 3 aliphatic rings. The van der Waals surface area contributed by atoms with Crippen LogP contribution < -0.4 is 5.32 Å².